The van der Waals surface area contributed by atoms with Crippen LogP contribution in [0, 0.1) is 0 Å². The van der Waals surface area contributed by atoms with E-state index in [4.69, 9.17) is 14.3 Å². The van der Waals surface area contributed by atoms with Crippen molar-refractivity contribution in [2.45, 2.75) is 5.92 Å². The number of benzene rings is 3. The number of ether oxygens (including phenoxy) is 1. The lowest BCUT2D eigenvalue weighted by atomic mass is 9.98. The van der Waals surface area contributed by atoms with Gasteiger partial charge in [-0.05, 0) is 40.5 Å². The summed E-state index contributed by atoms with van der Waals surface area (Å²) < 4.78 is 10.9. The Kier molecular flexibility index (Phi) is 4.21. The number of anilines is 1. The summed E-state index contributed by atoms with van der Waals surface area (Å²) in [6.45, 7) is 0.170. The minimum Gasteiger partial charge on any atom is -0.478 e. The molecule has 5 rings (SSSR count). The number of oxazole rings is 1. The van der Waals surface area contributed by atoms with Crippen LogP contribution < -0.4 is 5.32 Å². The standard InChI is InChI=1S/C23H16N2O5/c26-21(27)13-9-10-19-20(11-13)30-22(24-19)25-23(28)29-12-18-16-7-3-1-5-14(16)15-6-2-4-8-17(15)18/h1-11,18H,12H2,(H,26,27)(H,24,25,28). The van der Waals surface area contributed by atoms with Crippen LogP contribution in [0.3, 0.4) is 0 Å². The van der Waals surface area contributed by atoms with Crippen LogP contribution in [0.1, 0.15) is 27.4 Å². The maximum atomic E-state index is 12.3. The van der Waals surface area contributed by atoms with Crippen molar-refractivity contribution in [2.24, 2.45) is 0 Å². The highest BCUT2D eigenvalue weighted by atomic mass is 16.6. The van der Waals surface area contributed by atoms with Gasteiger partial charge in [0.2, 0.25) is 0 Å². The number of rotatable bonds is 4. The van der Waals surface area contributed by atoms with E-state index in [9.17, 15) is 9.59 Å². The molecular formula is C23H16N2O5. The van der Waals surface area contributed by atoms with Crippen LogP contribution in [0.25, 0.3) is 22.2 Å². The molecule has 0 radical (unpaired) electrons. The highest BCUT2D eigenvalue weighted by Crippen LogP contribution is 2.44. The molecule has 1 aromatic heterocycles. The first-order valence-electron chi connectivity index (χ1n) is 9.36. The van der Waals surface area contributed by atoms with Crippen LogP contribution in [0.2, 0.25) is 0 Å². The maximum absolute atomic E-state index is 12.3. The monoisotopic (exact) mass is 400 g/mol. The fraction of sp³-hybridized carbons (Fsp3) is 0.0870. The van der Waals surface area contributed by atoms with Gasteiger partial charge in [0.05, 0.1) is 5.56 Å². The quantitative estimate of drug-likeness (QED) is 0.506. The Labute approximate surface area is 170 Å². The lowest BCUT2D eigenvalue weighted by Crippen LogP contribution is -2.18. The fourth-order valence-electron chi connectivity index (χ4n) is 3.83. The first kappa shape index (κ1) is 17.9. The molecular weight excluding hydrogens is 384 g/mol. The fourth-order valence-corrected chi connectivity index (χ4v) is 3.83. The lowest BCUT2D eigenvalue weighted by molar-refractivity contribution is 0.0697. The van der Waals surface area contributed by atoms with Gasteiger partial charge in [-0.2, -0.15) is 4.98 Å². The minimum atomic E-state index is -1.07. The van der Waals surface area contributed by atoms with Gasteiger partial charge in [0.1, 0.15) is 12.1 Å². The average molecular weight is 400 g/mol. The van der Waals surface area contributed by atoms with Crippen LogP contribution in [0.15, 0.2) is 71.1 Å². The SMILES string of the molecule is O=C(Nc1nc2ccc(C(=O)O)cc2o1)OCC1c2ccccc2-c2ccccc21. The predicted molar refractivity (Wildman–Crippen MR) is 110 cm³/mol. The molecule has 0 atom stereocenters. The molecule has 7 heteroatoms. The first-order chi connectivity index (χ1) is 14.6. The Bertz CT molecular complexity index is 1250. The topological polar surface area (TPSA) is 102 Å². The molecule has 0 aliphatic heterocycles. The second-order valence-corrected chi connectivity index (χ2v) is 6.96. The largest absolute Gasteiger partial charge is 0.478 e. The molecule has 0 saturated carbocycles. The van der Waals surface area contributed by atoms with Gasteiger partial charge >= 0.3 is 18.1 Å². The molecule has 4 aromatic rings. The van der Waals surface area contributed by atoms with Crippen molar-refractivity contribution < 1.29 is 23.8 Å². The molecule has 1 amide bonds. The molecule has 7 nitrogen and oxygen atoms in total. The number of nitrogens with zero attached hydrogens (tertiary/aromatic N) is 1. The second-order valence-electron chi connectivity index (χ2n) is 6.96. The van der Waals surface area contributed by atoms with Crippen molar-refractivity contribution >= 4 is 29.2 Å². The van der Waals surface area contributed by atoms with Gasteiger partial charge < -0.3 is 14.3 Å². The van der Waals surface area contributed by atoms with Crippen LogP contribution in [-0.2, 0) is 4.74 Å². The van der Waals surface area contributed by atoms with Crippen LogP contribution in [0.4, 0.5) is 10.8 Å². The zero-order valence-corrected chi connectivity index (χ0v) is 15.7. The van der Waals surface area contributed by atoms with Crippen molar-refractivity contribution in [2.75, 3.05) is 11.9 Å². The van der Waals surface area contributed by atoms with Crippen LogP contribution in [-0.4, -0.2) is 28.8 Å². The van der Waals surface area contributed by atoms with Gasteiger partial charge in [-0.25, -0.2) is 14.9 Å². The van der Waals surface area contributed by atoms with Crippen molar-refractivity contribution in [3.8, 4) is 11.1 Å². The summed E-state index contributed by atoms with van der Waals surface area (Å²) in [7, 11) is 0. The Hall–Kier alpha value is -4.13. The highest BCUT2D eigenvalue weighted by Gasteiger charge is 2.29. The summed E-state index contributed by atoms with van der Waals surface area (Å²) in [5.41, 5.74) is 5.32. The maximum Gasteiger partial charge on any atom is 0.415 e. The molecule has 0 spiro atoms. The number of aromatic nitrogens is 1. The van der Waals surface area contributed by atoms with Gasteiger partial charge in [-0.1, -0.05) is 48.5 Å². The van der Waals surface area contributed by atoms with Gasteiger partial charge in [-0.3, -0.25) is 0 Å². The molecule has 2 N–H and O–H groups in total. The summed E-state index contributed by atoms with van der Waals surface area (Å²) >= 11 is 0. The van der Waals surface area contributed by atoms with E-state index in [0.717, 1.165) is 22.3 Å². The van der Waals surface area contributed by atoms with Gasteiger partial charge in [0.25, 0.3) is 0 Å². The summed E-state index contributed by atoms with van der Waals surface area (Å²) in [6, 6.07) is 20.4. The predicted octanol–water partition coefficient (Wildman–Crippen LogP) is 4.89. The summed E-state index contributed by atoms with van der Waals surface area (Å²) in [6.07, 6.45) is -0.693. The Balaban J connectivity index is 1.31. The Morgan fingerprint density at radius 2 is 1.67 bits per heavy atom. The lowest BCUT2D eigenvalue weighted by Gasteiger charge is -2.13. The smallest absolute Gasteiger partial charge is 0.415 e. The molecule has 0 bridgehead atoms. The number of carboxylic acid groups (broad SMARTS) is 1. The van der Waals surface area contributed by atoms with E-state index in [-0.39, 0.29) is 29.7 Å². The molecule has 3 aromatic carbocycles. The number of fused-ring (bicyclic) bond motifs is 4. The molecule has 1 aliphatic carbocycles. The van der Waals surface area contributed by atoms with E-state index in [1.165, 1.54) is 18.2 Å². The van der Waals surface area contributed by atoms with E-state index in [1.807, 2.05) is 36.4 Å². The molecule has 0 unspecified atom stereocenters. The Morgan fingerprint density at radius 1 is 1.00 bits per heavy atom. The van der Waals surface area contributed by atoms with Crippen molar-refractivity contribution in [1.82, 2.24) is 4.98 Å². The molecule has 1 heterocycles. The normalized spacial score (nSPS) is 12.4. The van der Waals surface area contributed by atoms with E-state index in [0.29, 0.717) is 5.52 Å². The van der Waals surface area contributed by atoms with Crippen LogP contribution >= 0.6 is 0 Å². The zero-order valence-electron chi connectivity index (χ0n) is 15.7. The van der Waals surface area contributed by atoms with E-state index in [2.05, 4.69) is 22.4 Å². The minimum absolute atomic E-state index is 0.0510. The first-order valence-corrected chi connectivity index (χ1v) is 9.36. The highest BCUT2D eigenvalue weighted by molar-refractivity contribution is 5.92. The number of aromatic carboxylic acids is 1. The number of hydrogen-bond acceptors (Lipinski definition) is 5. The van der Waals surface area contributed by atoms with Gasteiger partial charge in [0.15, 0.2) is 5.58 Å². The van der Waals surface area contributed by atoms with Gasteiger partial charge in [0, 0.05) is 5.92 Å². The van der Waals surface area contributed by atoms with E-state index >= 15 is 0 Å². The Morgan fingerprint density at radius 3 is 2.33 bits per heavy atom. The summed E-state index contributed by atoms with van der Waals surface area (Å²) in [5, 5.41) is 11.5. The third kappa shape index (κ3) is 3.06. The van der Waals surface area contributed by atoms with Crippen molar-refractivity contribution in [1.29, 1.82) is 0 Å². The number of hydrogen-bond donors (Lipinski definition) is 2. The molecule has 0 fully saturated rings. The van der Waals surface area contributed by atoms with E-state index < -0.39 is 12.1 Å². The van der Waals surface area contributed by atoms with Gasteiger partial charge in [-0.15, -0.1) is 0 Å². The molecule has 148 valence electrons. The van der Waals surface area contributed by atoms with E-state index in [1.54, 1.807) is 0 Å². The summed E-state index contributed by atoms with van der Waals surface area (Å²) in [4.78, 5) is 27.5. The van der Waals surface area contributed by atoms with Crippen molar-refractivity contribution in [3.63, 3.8) is 0 Å². The zero-order chi connectivity index (χ0) is 20.7. The number of nitrogens with one attached hydrogen (secondary N) is 1. The number of amides is 1. The molecule has 30 heavy (non-hydrogen) atoms. The summed E-state index contributed by atoms with van der Waals surface area (Å²) in [5.74, 6) is -1.12. The number of carbonyl (C=O) groups excluding carboxylic acids is 1. The van der Waals surface area contributed by atoms with Crippen LogP contribution in [0.5, 0.6) is 0 Å². The molecule has 1 aliphatic rings. The number of carbonyl (C=O) groups is 2. The third-order valence-corrected chi connectivity index (χ3v) is 5.19. The second kappa shape index (κ2) is 7.04. The number of carboxylic acids is 1. The molecule has 0 saturated heterocycles. The van der Waals surface area contributed by atoms with Crippen molar-refractivity contribution in [3.05, 3.63) is 83.4 Å². The average Bonchev–Trinajstić information content (AvgIpc) is 3.30. The third-order valence-electron chi connectivity index (χ3n) is 5.19.